The minimum absolute atomic E-state index is 0.0120. The van der Waals surface area contributed by atoms with Crippen LogP contribution in [0.4, 0.5) is 0 Å². The maximum absolute atomic E-state index is 5.92. The quantitative estimate of drug-likeness (QED) is 0.862. The van der Waals surface area contributed by atoms with Crippen LogP contribution in [0.3, 0.4) is 0 Å². The summed E-state index contributed by atoms with van der Waals surface area (Å²) >= 11 is 0. The molecule has 1 saturated heterocycles. The molecule has 122 valence electrons. The molecular weight excluding hydrogens is 292 g/mol. The number of nitrogens with one attached hydrogen (secondary N) is 1. The molecule has 1 aromatic heterocycles. The topological polar surface area (TPSA) is 91.9 Å². The largest absolute Gasteiger partial charge is 0.379 e. The van der Waals surface area contributed by atoms with Crippen molar-refractivity contribution in [2.45, 2.75) is 38.4 Å². The Kier molecular flexibility index (Phi) is 3.65. The first kappa shape index (κ1) is 14.4. The van der Waals surface area contributed by atoms with Crippen molar-refractivity contribution >= 4 is 17.2 Å². The molecule has 7 nitrogen and oxygen atoms in total. The van der Waals surface area contributed by atoms with Crippen molar-refractivity contribution in [1.82, 2.24) is 14.9 Å². The molecule has 0 amide bonds. The van der Waals surface area contributed by atoms with Crippen LogP contribution in [0.5, 0.6) is 0 Å². The van der Waals surface area contributed by atoms with Crippen LogP contribution in [0.25, 0.3) is 5.57 Å². The molecule has 23 heavy (non-hydrogen) atoms. The SMILES string of the molecule is CC1=NC(N)=NC2C1CC(c1ncc[nH]1)=CN2C1CCCOC1. The predicted molar refractivity (Wildman–Crippen MR) is 88.9 cm³/mol. The van der Waals surface area contributed by atoms with Crippen LogP contribution < -0.4 is 5.73 Å². The number of hydrogen-bond acceptors (Lipinski definition) is 6. The van der Waals surface area contributed by atoms with E-state index in [4.69, 9.17) is 10.5 Å². The molecular formula is C16H22N6O. The van der Waals surface area contributed by atoms with Gasteiger partial charge < -0.3 is 20.4 Å². The maximum Gasteiger partial charge on any atom is 0.217 e. The van der Waals surface area contributed by atoms with Gasteiger partial charge in [-0.1, -0.05) is 0 Å². The summed E-state index contributed by atoms with van der Waals surface area (Å²) in [7, 11) is 0. The number of rotatable bonds is 2. The van der Waals surface area contributed by atoms with E-state index in [1.807, 2.05) is 13.1 Å². The van der Waals surface area contributed by atoms with Crippen molar-refractivity contribution in [2.24, 2.45) is 21.6 Å². The van der Waals surface area contributed by atoms with Gasteiger partial charge >= 0.3 is 0 Å². The molecule has 3 unspecified atom stereocenters. The Bertz CT molecular complexity index is 656. The minimum atomic E-state index is 0.0120. The van der Waals surface area contributed by atoms with Gasteiger partial charge in [0.1, 0.15) is 12.0 Å². The van der Waals surface area contributed by atoms with Crippen LogP contribution in [0.2, 0.25) is 0 Å². The smallest absolute Gasteiger partial charge is 0.217 e. The number of H-pyrrole nitrogens is 1. The van der Waals surface area contributed by atoms with E-state index in [1.54, 1.807) is 6.20 Å². The Morgan fingerprint density at radius 3 is 3.09 bits per heavy atom. The van der Waals surface area contributed by atoms with Crippen molar-refractivity contribution in [3.05, 3.63) is 24.4 Å². The summed E-state index contributed by atoms with van der Waals surface area (Å²) in [5.74, 6) is 1.52. The zero-order valence-electron chi connectivity index (χ0n) is 13.3. The van der Waals surface area contributed by atoms with Gasteiger partial charge in [0, 0.05) is 42.4 Å². The number of nitrogens with zero attached hydrogens (tertiary/aromatic N) is 4. The molecule has 3 aliphatic rings. The van der Waals surface area contributed by atoms with Crippen molar-refractivity contribution in [3.8, 4) is 0 Å². The summed E-state index contributed by atoms with van der Waals surface area (Å²) in [4.78, 5) is 19.0. The monoisotopic (exact) mass is 314 g/mol. The van der Waals surface area contributed by atoms with Crippen LogP contribution in [-0.2, 0) is 4.74 Å². The molecule has 1 fully saturated rings. The predicted octanol–water partition coefficient (Wildman–Crippen LogP) is 1.37. The summed E-state index contributed by atoms with van der Waals surface area (Å²) in [5.41, 5.74) is 8.15. The highest BCUT2D eigenvalue weighted by Gasteiger charge is 2.39. The number of nitrogens with two attached hydrogens (primary N) is 1. The number of imidazole rings is 1. The zero-order valence-corrected chi connectivity index (χ0v) is 13.3. The Hall–Kier alpha value is -2.15. The highest BCUT2D eigenvalue weighted by atomic mass is 16.5. The first-order valence-corrected chi connectivity index (χ1v) is 8.16. The first-order valence-electron chi connectivity index (χ1n) is 8.16. The summed E-state index contributed by atoms with van der Waals surface area (Å²) in [6.45, 7) is 3.62. The lowest BCUT2D eigenvalue weighted by Crippen LogP contribution is -2.51. The van der Waals surface area contributed by atoms with E-state index in [9.17, 15) is 0 Å². The van der Waals surface area contributed by atoms with Crippen molar-refractivity contribution in [2.75, 3.05) is 13.2 Å². The van der Waals surface area contributed by atoms with Gasteiger partial charge in [-0.3, -0.25) is 0 Å². The molecule has 1 aromatic rings. The van der Waals surface area contributed by atoms with Gasteiger partial charge in [0.2, 0.25) is 5.96 Å². The van der Waals surface area contributed by atoms with Gasteiger partial charge in [-0.05, 0) is 26.2 Å². The van der Waals surface area contributed by atoms with Crippen LogP contribution in [0.15, 0.2) is 28.6 Å². The number of fused-ring (bicyclic) bond motifs is 1. The number of ether oxygens (including phenoxy) is 1. The molecule has 3 atom stereocenters. The normalized spacial score (nSPS) is 31.1. The molecule has 3 aliphatic heterocycles. The van der Waals surface area contributed by atoms with Gasteiger partial charge in [0.25, 0.3) is 0 Å². The van der Waals surface area contributed by atoms with E-state index < -0.39 is 0 Å². The summed E-state index contributed by atoms with van der Waals surface area (Å²) < 4.78 is 5.69. The zero-order chi connectivity index (χ0) is 15.8. The summed E-state index contributed by atoms with van der Waals surface area (Å²) in [6.07, 6.45) is 8.90. The van der Waals surface area contributed by atoms with Gasteiger partial charge in [-0.15, -0.1) is 0 Å². The van der Waals surface area contributed by atoms with E-state index in [1.165, 1.54) is 5.57 Å². The summed E-state index contributed by atoms with van der Waals surface area (Å²) in [5, 5.41) is 0. The van der Waals surface area contributed by atoms with Crippen LogP contribution in [-0.4, -0.2) is 52.0 Å². The average molecular weight is 314 g/mol. The number of allylic oxidation sites excluding steroid dienone is 1. The first-order chi connectivity index (χ1) is 11.2. The Morgan fingerprint density at radius 1 is 1.43 bits per heavy atom. The van der Waals surface area contributed by atoms with Crippen LogP contribution in [0.1, 0.15) is 32.0 Å². The average Bonchev–Trinajstić information content (AvgIpc) is 3.09. The number of aliphatic imine (C=N–C) groups is 2. The molecule has 0 radical (unpaired) electrons. The van der Waals surface area contributed by atoms with Gasteiger partial charge in [0.15, 0.2) is 0 Å². The van der Waals surface area contributed by atoms with Gasteiger partial charge in [0.05, 0.1) is 12.6 Å². The van der Waals surface area contributed by atoms with E-state index in [0.29, 0.717) is 12.0 Å². The molecule has 4 rings (SSSR count). The fourth-order valence-corrected chi connectivity index (χ4v) is 3.69. The van der Waals surface area contributed by atoms with E-state index >= 15 is 0 Å². The highest BCUT2D eigenvalue weighted by molar-refractivity contribution is 5.99. The molecule has 0 aromatic carbocycles. The third kappa shape index (κ3) is 2.65. The Labute approximate surface area is 135 Å². The standard InChI is InChI=1S/C16H22N6O/c1-10-13-7-11(14-18-4-5-19-14)8-22(12-3-2-6-23-9-12)15(13)21-16(17)20-10/h4-5,8,12-13,15H,2-3,6-7,9H2,1H3,(H2,17,21)(H,18,19). The minimum Gasteiger partial charge on any atom is -0.379 e. The number of guanidine groups is 1. The lowest BCUT2D eigenvalue weighted by molar-refractivity contribution is 0.0153. The molecule has 0 aliphatic carbocycles. The second kappa shape index (κ2) is 5.81. The summed E-state index contributed by atoms with van der Waals surface area (Å²) in [6, 6.07) is 0.323. The molecule has 0 spiro atoms. The molecule has 0 bridgehead atoms. The maximum atomic E-state index is 5.92. The third-order valence-corrected chi connectivity index (χ3v) is 4.86. The molecule has 3 N–H and O–H groups in total. The van der Waals surface area contributed by atoms with Gasteiger partial charge in [-0.25, -0.2) is 15.0 Å². The molecule has 0 saturated carbocycles. The number of aromatic amines is 1. The molecule has 4 heterocycles. The van der Waals surface area contributed by atoms with Crippen LogP contribution >= 0.6 is 0 Å². The van der Waals surface area contributed by atoms with Crippen molar-refractivity contribution in [3.63, 3.8) is 0 Å². The lowest BCUT2D eigenvalue weighted by atomic mass is 9.86. The van der Waals surface area contributed by atoms with Crippen molar-refractivity contribution < 1.29 is 4.74 Å². The Balaban J connectivity index is 1.72. The van der Waals surface area contributed by atoms with E-state index in [0.717, 1.165) is 44.0 Å². The lowest BCUT2D eigenvalue weighted by Gasteiger charge is -2.44. The second-order valence-electron chi connectivity index (χ2n) is 6.38. The van der Waals surface area contributed by atoms with Crippen LogP contribution in [0, 0.1) is 5.92 Å². The highest BCUT2D eigenvalue weighted by Crippen LogP contribution is 2.36. The fourth-order valence-electron chi connectivity index (χ4n) is 3.69. The van der Waals surface area contributed by atoms with E-state index in [-0.39, 0.29) is 12.1 Å². The van der Waals surface area contributed by atoms with E-state index in [2.05, 4.69) is 31.1 Å². The van der Waals surface area contributed by atoms with Gasteiger partial charge in [-0.2, -0.15) is 0 Å². The second-order valence-corrected chi connectivity index (χ2v) is 6.38. The fraction of sp³-hybridized carbons (Fsp3) is 0.562. The van der Waals surface area contributed by atoms with Crippen molar-refractivity contribution in [1.29, 1.82) is 0 Å². The molecule has 7 heteroatoms. The number of aromatic nitrogens is 2. The Morgan fingerprint density at radius 2 is 2.35 bits per heavy atom. The number of hydrogen-bond donors (Lipinski definition) is 2. The third-order valence-electron chi connectivity index (χ3n) is 4.86.